The molecule has 0 aromatic carbocycles. The topological polar surface area (TPSA) is 55.3 Å². The van der Waals surface area contributed by atoms with E-state index in [-0.39, 0.29) is 11.4 Å². The molecule has 2 aromatic heterocycles. The van der Waals surface area contributed by atoms with Crippen LogP contribution in [0.15, 0.2) is 6.33 Å². The molecule has 1 saturated carbocycles. The Balaban J connectivity index is 1.59. The number of esters is 1. The molecule has 0 spiro atoms. The highest BCUT2D eigenvalue weighted by atomic mass is 32.1. The largest absolute Gasteiger partial charge is 0.469 e. The lowest BCUT2D eigenvalue weighted by molar-refractivity contribution is -0.152. The van der Waals surface area contributed by atoms with Gasteiger partial charge in [0.05, 0.1) is 17.9 Å². The number of fused-ring (bicyclic) bond motifs is 4. The number of methoxy groups -OCH3 is 1. The third-order valence-corrected chi connectivity index (χ3v) is 7.44. The van der Waals surface area contributed by atoms with Crippen LogP contribution in [-0.2, 0) is 22.4 Å². The Morgan fingerprint density at radius 1 is 1.38 bits per heavy atom. The van der Waals surface area contributed by atoms with Crippen molar-refractivity contribution in [3.8, 4) is 0 Å². The Kier molecular flexibility index (Phi) is 3.14. The molecule has 2 fully saturated rings. The van der Waals surface area contributed by atoms with Crippen LogP contribution in [0.1, 0.15) is 36.1 Å². The zero-order chi connectivity index (χ0) is 16.3. The van der Waals surface area contributed by atoms with E-state index in [0.717, 1.165) is 49.4 Å². The summed E-state index contributed by atoms with van der Waals surface area (Å²) in [5.41, 5.74) is 1.13. The lowest BCUT2D eigenvalue weighted by Crippen LogP contribution is -2.37. The van der Waals surface area contributed by atoms with E-state index in [1.54, 1.807) is 6.33 Å². The molecule has 3 heterocycles. The maximum absolute atomic E-state index is 12.5. The average molecular weight is 343 g/mol. The smallest absolute Gasteiger partial charge is 0.313 e. The number of carbonyl (C=O) groups is 1. The van der Waals surface area contributed by atoms with Crippen LogP contribution in [0.3, 0.4) is 0 Å². The summed E-state index contributed by atoms with van der Waals surface area (Å²) in [5.74, 6) is 1.40. The van der Waals surface area contributed by atoms with E-state index in [0.29, 0.717) is 5.92 Å². The third kappa shape index (κ3) is 1.83. The van der Waals surface area contributed by atoms with E-state index in [2.05, 4.69) is 14.9 Å². The molecule has 126 valence electrons. The predicted octanol–water partition coefficient (Wildman–Crippen LogP) is 2.96. The zero-order valence-corrected chi connectivity index (χ0v) is 14.7. The number of carbonyl (C=O) groups excluding carboxylic acids is 1. The van der Waals surface area contributed by atoms with E-state index in [9.17, 15) is 4.79 Å². The van der Waals surface area contributed by atoms with Crippen molar-refractivity contribution in [1.29, 1.82) is 0 Å². The van der Waals surface area contributed by atoms with Crippen LogP contribution in [0.2, 0.25) is 0 Å². The number of aryl methyl sites for hydroxylation is 2. The molecule has 0 radical (unpaired) electrons. The molecular weight excluding hydrogens is 322 g/mol. The molecule has 5 nitrogen and oxygen atoms in total. The molecule has 6 heteroatoms. The van der Waals surface area contributed by atoms with Gasteiger partial charge in [-0.25, -0.2) is 9.97 Å². The van der Waals surface area contributed by atoms with Gasteiger partial charge in [-0.2, -0.15) is 0 Å². The van der Waals surface area contributed by atoms with Crippen molar-refractivity contribution in [3.63, 3.8) is 0 Å². The van der Waals surface area contributed by atoms with Crippen molar-refractivity contribution in [1.82, 2.24) is 9.97 Å². The minimum Gasteiger partial charge on any atom is -0.469 e. The molecule has 0 amide bonds. The normalized spacial score (nSPS) is 28.4. The van der Waals surface area contributed by atoms with Crippen molar-refractivity contribution in [2.24, 2.45) is 11.3 Å². The summed E-state index contributed by atoms with van der Waals surface area (Å²) in [5, 5.41) is 1.25. The Morgan fingerprint density at radius 2 is 2.29 bits per heavy atom. The molecule has 2 unspecified atom stereocenters. The van der Waals surface area contributed by atoms with Crippen LogP contribution in [0.25, 0.3) is 10.2 Å². The van der Waals surface area contributed by atoms with E-state index in [1.165, 1.54) is 35.8 Å². The number of thiophene rings is 1. The van der Waals surface area contributed by atoms with Gasteiger partial charge in [0.1, 0.15) is 17.0 Å². The van der Waals surface area contributed by atoms with Crippen molar-refractivity contribution >= 4 is 33.3 Å². The van der Waals surface area contributed by atoms with Crippen molar-refractivity contribution < 1.29 is 9.53 Å². The molecular formula is C18H21N3O2S. The molecule has 5 rings (SSSR count). The summed E-state index contributed by atoms with van der Waals surface area (Å²) >= 11 is 1.82. The van der Waals surface area contributed by atoms with Crippen molar-refractivity contribution in [3.05, 3.63) is 16.8 Å². The molecule has 0 bridgehead atoms. The molecule has 2 aromatic rings. The quantitative estimate of drug-likeness (QED) is 0.785. The lowest BCUT2D eigenvalue weighted by atomic mass is 9.81. The number of rotatable bonds is 2. The number of hydrogen-bond donors (Lipinski definition) is 0. The first-order valence-corrected chi connectivity index (χ1v) is 9.63. The Hall–Kier alpha value is -1.69. The van der Waals surface area contributed by atoms with E-state index in [1.807, 2.05) is 11.3 Å². The fourth-order valence-electron chi connectivity index (χ4n) is 5.14. The molecule has 2 aliphatic carbocycles. The average Bonchev–Trinajstić information content (AvgIpc) is 3.31. The summed E-state index contributed by atoms with van der Waals surface area (Å²) in [6.45, 7) is 1.65. The van der Waals surface area contributed by atoms with Crippen LogP contribution in [0, 0.1) is 11.3 Å². The second-order valence-electron chi connectivity index (χ2n) is 7.35. The number of nitrogens with zero attached hydrogens (tertiary/aromatic N) is 3. The SMILES string of the molecule is COC(=O)C12CCCC1CN(c1ncnc3sc4c(c13)CCC4)C2. The monoisotopic (exact) mass is 343 g/mol. The molecule has 24 heavy (non-hydrogen) atoms. The number of hydrogen-bond acceptors (Lipinski definition) is 6. The van der Waals surface area contributed by atoms with Gasteiger partial charge in [-0.15, -0.1) is 11.3 Å². The van der Waals surface area contributed by atoms with Gasteiger partial charge in [-0.1, -0.05) is 6.42 Å². The minimum absolute atomic E-state index is 0.0339. The molecule has 1 saturated heterocycles. The third-order valence-electron chi connectivity index (χ3n) is 6.24. The summed E-state index contributed by atoms with van der Waals surface area (Å²) in [7, 11) is 1.52. The van der Waals surface area contributed by atoms with E-state index < -0.39 is 0 Å². The first-order chi connectivity index (χ1) is 11.7. The molecule has 2 atom stereocenters. The maximum Gasteiger partial charge on any atom is 0.313 e. The minimum atomic E-state index is -0.328. The summed E-state index contributed by atoms with van der Waals surface area (Å²) < 4.78 is 5.17. The lowest BCUT2D eigenvalue weighted by Gasteiger charge is -2.25. The molecule has 1 aliphatic heterocycles. The molecule has 0 N–H and O–H groups in total. The van der Waals surface area contributed by atoms with Gasteiger partial charge in [-0.3, -0.25) is 4.79 Å². The van der Waals surface area contributed by atoms with E-state index in [4.69, 9.17) is 4.74 Å². The van der Waals surface area contributed by atoms with Gasteiger partial charge in [0.15, 0.2) is 0 Å². The van der Waals surface area contributed by atoms with Gasteiger partial charge >= 0.3 is 5.97 Å². The predicted molar refractivity (Wildman–Crippen MR) is 93.4 cm³/mol. The van der Waals surface area contributed by atoms with Gasteiger partial charge in [0, 0.05) is 18.0 Å². The first kappa shape index (κ1) is 14.6. The first-order valence-electron chi connectivity index (χ1n) is 8.81. The van der Waals surface area contributed by atoms with Crippen LogP contribution < -0.4 is 4.90 Å². The van der Waals surface area contributed by atoms with Crippen molar-refractivity contribution in [2.75, 3.05) is 25.1 Å². The van der Waals surface area contributed by atoms with Crippen LogP contribution >= 0.6 is 11.3 Å². The van der Waals surface area contributed by atoms with Gasteiger partial charge < -0.3 is 9.64 Å². The van der Waals surface area contributed by atoms with Gasteiger partial charge in [-0.05, 0) is 43.6 Å². The molecule has 3 aliphatic rings. The second kappa shape index (κ2) is 5.15. The highest BCUT2D eigenvalue weighted by Crippen LogP contribution is 2.51. The van der Waals surface area contributed by atoms with Crippen LogP contribution in [-0.4, -0.2) is 36.1 Å². The highest BCUT2D eigenvalue weighted by molar-refractivity contribution is 7.19. The highest BCUT2D eigenvalue weighted by Gasteiger charge is 2.56. The number of aromatic nitrogens is 2. The summed E-state index contributed by atoms with van der Waals surface area (Å²) in [6, 6.07) is 0. The van der Waals surface area contributed by atoms with Crippen LogP contribution in [0.5, 0.6) is 0 Å². The van der Waals surface area contributed by atoms with Crippen LogP contribution in [0.4, 0.5) is 5.82 Å². The second-order valence-corrected chi connectivity index (χ2v) is 8.44. The van der Waals surface area contributed by atoms with Crippen molar-refractivity contribution in [2.45, 2.75) is 38.5 Å². The standard InChI is InChI=1S/C18H21N3O2S/c1-23-17(22)18-7-3-4-11(18)8-21(9-18)15-14-12-5-2-6-13(12)24-16(14)20-10-19-15/h10-11H,2-9H2,1H3. The number of ether oxygens (including phenoxy) is 1. The summed E-state index contributed by atoms with van der Waals surface area (Å²) in [6.07, 6.45) is 8.40. The summed E-state index contributed by atoms with van der Waals surface area (Å²) in [4.78, 5) is 26.6. The van der Waals surface area contributed by atoms with Gasteiger partial charge in [0.25, 0.3) is 0 Å². The van der Waals surface area contributed by atoms with E-state index >= 15 is 0 Å². The Bertz CT molecular complexity index is 833. The fourth-order valence-corrected chi connectivity index (χ4v) is 6.36. The zero-order valence-electron chi connectivity index (χ0n) is 13.9. The Morgan fingerprint density at radius 3 is 3.17 bits per heavy atom. The van der Waals surface area contributed by atoms with Gasteiger partial charge in [0.2, 0.25) is 0 Å². The number of anilines is 1. The maximum atomic E-state index is 12.5. The fraction of sp³-hybridized carbons (Fsp3) is 0.611. The Labute approximate surface area is 145 Å².